The number of anilines is 2. The standard InChI is InChI=1S/C24H32ClN5OS/c1-17-14-21(30-11-4-3-6-18(30)2)28-22(27-17)29-23(32)26-16-24(9-12-31-13-10-24)19-7-5-8-20(25)15-19/h5,7-8,14-15,18H,3-4,6,9-13,16H2,1-2H3,(H2,26,27,28,29,32)/t18-/m1/s1. The van der Waals surface area contributed by atoms with Gasteiger partial charge in [0, 0.05) is 54.5 Å². The van der Waals surface area contributed by atoms with Crippen molar-refractivity contribution < 1.29 is 4.74 Å². The van der Waals surface area contributed by atoms with E-state index in [2.05, 4.69) is 45.6 Å². The van der Waals surface area contributed by atoms with E-state index in [1.165, 1.54) is 24.8 Å². The summed E-state index contributed by atoms with van der Waals surface area (Å²) in [5.41, 5.74) is 2.08. The first-order chi connectivity index (χ1) is 15.4. The number of piperidine rings is 1. The normalized spacial score (nSPS) is 20.6. The molecule has 2 aromatic rings. The van der Waals surface area contributed by atoms with Crippen molar-refractivity contribution in [3.63, 3.8) is 0 Å². The molecule has 3 heterocycles. The van der Waals surface area contributed by atoms with Crippen LogP contribution in [-0.2, 0) is 10.2 Å². The third-order valence-corrected chi connectivity index (χ3v) is 7.12. The molecule has 0 bridgehead atoms. The second-order valence-corrected chi connectivity index (χ2v) is 9.78. The summed E-state index contributed by atoms with van der Waals surface area (Å²) >= 11 is 11.9. The zero-order valence-corrected chi connectivity index (χ0v) is 20.4. The summed E-state index contributed by atoms with van der Waals surface area (Å²) in [4.78, 5) is 11.7. The van der Waals surface area contributed by atoms with Crippen molar-refractivity contribution in [1.82, 2.24) is 15.3 Å². The SMILES string of the molecule is Cc1cc(N2CCCC[C@H]2C)nc(NC(=S)NCC2(c3cccc(Cl)c3)CCOCC2)n1. The zero-order valence-electron chi connectivity index (χ0n) is 18.9. The van der Waals surface area contributed by atoms with Gasteiger partial charge in [0.05, 0.1) is 0 Å². The highest BCUT2D eigenvalue weighted by atomic mass is 35.5. The Hall–Kier alpha value is -1.96. The number of thiocarbonyl (C=S) groups is 1. The molecule has 1 aromatic heterocycles. The number of hydrogen-bond acceptors (Lipinski definition) is 5. The predicted molar refractivity (Wildman–Crippen MR) is 135 cm³/mol. The molecule has 2 fully saturated rings. The molecular formula is C24H32ClN5OS. The van der Waals surface area contributed by atoms with E-state index in [0.29, 0.717) is 23.6 Å². The van der Waals surface area contributed by atoms with Gasteiger partial charge < -0.3 is 20.3 Å². The van der Waals surface area contributed by atoms with E-state index in [4.69, 9.17) is 33.5 Å². The van der Waals surface area contributed by atoms with Gasteiger partial charge in [-0.25, -0.2) is 4.98 Å². The van der Waals surface area contributed by atoms with Gasteiger partial charge in [-0.3, -0.25) is 0 Å². The third kappa shape index (κ3) is 5.50. The molecule has 2 aliphatic rings. The molecule has 6 nitrogen and oxygen atoms in total. The van der Waals surface area contributed by atoms with Gasteiger partial charge in [0.1, 0.15) is 5.82 Å². The number of rotatable bonds is 5. The molecular weight excluding hydrogens is 442 g/mol. The zero-order chi connectivity index (χ0) is 22.6. The van der Waals surface area contributed by atoms with Crippen molar-refractivity contribution in [3.8, 4) is 0 Å². The topological polar surface area (TPSA) is 62.3 Å². The molecule has 0 saturated carbocycles. The quantitative estimate of drug-likeness (QED) is 0.601. The summed E-state index contributed by atoms with van der Waals surface area (Å²) in [6, 6.07) is 10.7. The first-order valence-corrected chi connectivity index (χ1v) is 12.2. The lowest BCUT2D eigenvalue weighted by Crippen LogP contribution is -2.45. The monoisotopic (exact) mass is 473 g/mol. The Labute approximate surface area is 201 Å². The number of aromatic nitrogens is 2. The summed E-state index contributed by atoms with van der Waals surface area (Å²) in [7, 11) is 0. The number of halogens is 1. The van der Waals surface area contributed by atoms with Crippen molar-refractivity contribution >= 4 is 40.7 Å². The molecule has 0 aliphatic carbocycles. The Kier molecular flexibility index (Phi) is 7.48. The summed E-state index contributed by atoms with van der Waals surface area (Å²) in [6.07, 6.45) is 5.51. The smallest absolute Gasteiger partial charge is 0.231 e. The van der Waals surface area contributed by atoms with Crippen LogP contribution in [0.1, 0.15) is 50.3 Å². The number of ether oxygens (including phenoxy) is 1. The Morgan fingerprint density at radius 1 is 1.25 bits per heavy atom. The molecule has 2 N–H and O–H groups in total. The lowest BCUT2D eigenvalue weighted by molar-refractivity contribution is 0.0515. The van der Waals surface area contributed by atoms with Crippen LogP contribution in [0.4, 0.5) is 11.8 Å². The fraction of sp³-hybridized carbons (Fsp3) is 0.542. The lowest BCUT2D eigenvalue weighted by atomic mass is 9.74. The molecule has 172 valence electrons. The maximum atomic E-state index is 6.29. The van der Waals surface area contributed by atoms with E-state index in [0.717, 1.165) is 49.1 Å². The minimum Gasteiger partial charge on any atom is -0.381 e. The molecule has 2 aliphatic heterocycles. The minimum atomic E-state index is -0.0727. The van der Waals surface area contributed by atoms with Crippen LogP contribution in [0.3, 0.4) is 0 Å². The van der Waals surface area contributed by atoms with Crippen LogP contribution in [0.2, 0.25) is 5.02 Å². The second kappa shape index (κ2) is 10.3. The van der Waals surface area contributed by atoms with Crippen LogP contribution < -0.4 is 15.5 Å². The van der Waals surface area contributed by atoms with Crippen LogP contribution in [0.25, 0.3) is 0 Å². The lowest BCUT2D eigenvalue weighted by Gasteiger charge is -2.38. The van der Waals surface area contributed by atoms with Gasteiger partial charge in [0.25, 0.3) is 0 Å². The van der Waals surface area contributed by atoms with E-state index in [-0.39, 0.29) is 5.41 Å². The second-order valence-electron chi connectivity index (χ2n) is 8.94. The Bertz CT molecular complexity index is 950. The fourth-order valence-electron chi connectivity index (χ4n) is 4.74. The van der Waals surface area contributed by atoms with Crippen LogP contribution >= 0.6 is 23.8 Å². The molecule has 32 heavy (non-hydrogen) atoms. The average Bonchev–Trinajstić information content (AvgIpc) is 2.78. The van der Waals surface area contributed by atoms with E-state index in [1.807, 2.05) is 19.1 Å². The van der Waals surface area contributed by atoms with Crippen LogP contribution in [-0.4, -0.2) is 47.4 Å². The molecule has 4 rings (SSSR count). The van der Waals surface area contributed by atoms with E-state index < -0.39 is 0 Å². The van der Waals surface area contributed by atoms with Crippen molar-refractivity contribution in [1.29, 1.82) is 0 Å². The van der Waals surface area contributed by atoms with Gasteiger partial charge in [-0.1, -0.05) is 23.7 Å². The third-order valence-electron chi connectivity index (χ3n) is 6.64. The summed E-state index contributed by atoms with van der Waals surface area (Å²) in [5, 5.41) is 7.91. The van der Waals surface area contributed by atoms with Crippen LogP contribution in [0.15, 0.2) is 30.3 Å². The van der Waals surface area contributed by atoms with Gasteiger partial charge in [-0.05, 0) is 75.9 Å². The molecule has 0 spiro atoms. The largest absolute Gasteiger partial charge is 0.381 e. The Balaban J connectivity index is 1.45. The summed E-state index contributed by atoms with van der Waals surface area (Å²) < 4.78 is 5.64. The number of nitrogens with one attached hydrogen (secondary N) is 2. The molecule has 2 saturated heterocycles. The van der Waals surface area contributed by atoms with Crippen LogP contribution in [0.5, 0.6) is 0 Å². The maximum absolute atomic E-state index is 6.29. The number of aryl methyl sites for hydroxylation is 1. The highest BCUT2D eigenvalue weighted by molar-refractivity contribution is 7.80. The maximum Gasteiger partial charge on any atom is 0.231 e. The van der Waals surface area contributed by atoms with E-state index in [9.17, 15) is 0 Å². The first kappa shape index (κ1) is 23.2. The average molecular weight is 474 g/mol. The Morgan fingerprint density at radius 2 is 2.06 bits per heavy atom. The van der Waals surface area contributed by atoms with Crippen molar-refractivity contribution in [3.05, 3.63) is 46.6 Å². The molecule has 0 unspecified atom stereocenters. The highest BCUT2D eigenvalue weighted by Gasteiger charge is 2.34. The van der Waals surface area contributed by atoms with Gasteiger partial charge in [0.15, 0.2) is 5.11 Å². The van der Waals surface area contributed by atoms with E-state index >= 15 is 0 Å². The molecule has 1 atom stereocenters. The molecule has 0 radical (unpaired) electrons. The van der Waals surface area contributed by atoms with Crippen LogP contribution in [0, 0.1) is 6.92 Å². The molecule has 1 aromatic carbocycles. The van der Waals surface area contributed by atoms with Gasteiger partial charge in [-0.2, -0.15) is 4.98 Å². The van der Waals surface area contributed by atoms with Gasteiger partial charge in [0.2, 0.25) is 5.95 Å². The molecule has 8 heteroatoms. The molecule has 0 amide bonds. The predicted octanol–water partition coefficient (Wildman–Crippen LogP) is 4.85. The minimum absolute atomic E-state index is 0.0727. The van der Waals surface area contributed by atoms with Crippen molar-refractivity contribution in [2.24, 2.45) is 0 Å². The number of hydrogen-bond donors (Lipinski definition) is 2. The summed E-state index contributed by atoms with van der Waals surface area (Å²) in [6.45, 7) is 7.45. The number of benzene rings is 1. The van der Waals surface area contributed by atoms with Gasteiger partial charge in [-0.15, -0.1) is 0 Å². The first-order valence-electron chi connectivity index (χ1n) is 11.5. The summed E-state index contributed by atoms with van der Waals surface area (Å²) in [5.74, 6) is 1.51. The highest BCUT2D eigenvalue weighted by Crippen LogP contribution is 2.35. The van der Waals surface area contributed by atoms with Crippen molar-refractivity contribution in [2.75, 3.05) is 36.5 Å². The number of nitrogens with zero attached hydrogens (tertiary/aromatic N) is 3. The van der Waals surface area contributed by atoms with E-state index in [1.54, 1.807) is 0 Å². The Morgan fingerprint density at radius 3 is 2.81 bits per heavy atom. The van der Waals surface area contributed by atoms with Crippen molar-refractivity contribution in [2.45, 2.75) is 57.4 Å². The fourth-order valence-corrected chi connectivity index (χ4v) is 5.09. The van der Waals surface area contributed by atoms with Gasteiger partial charge >= 0.3 is 0 Å².